The van der Waals surface area contributed by atoms with Crippen molar-refractivity contribution in [3.8, 4) is 0 Å². The van der Waals surface area contributed by atoms with Gasteiger partial charge < -0.3 is 11.1 Å². The molecular weight excluding hydrogens is 306 g/mol. The zero-order chi connectivity index (χ0) is 15.4. The summed E-state index contributed by atoms with van der Waals surface area (Å²) in [5, 5.41) is 0. The molecule has 1 atom stereocenters. The molecule has 0 radical (unpaired) electrons. The summed E-state index contributed by atoms with van der Waals surface area (Å²) in [4.78, 5) is 20.4. The average Bonchev–Trinajstić information content (AvgIpc) is 2.37. The van der Waals surface area contributed by atoms with Crippen LogP contribution in [0, 0.1) is 0 Å². The Morgan fingerprint density at radius 1 is 1.14 bits per heavy atom. The molecule has 120 valence electrons. The van der Waals surface area contributed by atoms with E-state index in [0.29, 0.717) is 12.0 Å². The van der Waals surface area contributed by atoms with Gasteiger partial charge >= 0.3 is 43.3 Å². The Bertz CT molecular complexity index is 353. The van der Waals surface area contributed by atoms with E-state index in [2.05, 4.69) is 13.5 Å². The molecule has 8 heteroatoms. The van der Waals surface area contributed by atoms with Crippen LogP contribution in [0.25, 0.3) is 0 Å². The molecule has 6 nitrogen and oxygen atoms in total. The smallest absolute Gasteiger partial charge is 1.00 e. The maximum Gasteiger partial charge on any atom is 1.00 e. The van der Waals surface area contributed by atoms with Crippen molar-refractivity contribution in [1.29, 1.82) is 0 Å². The van der Waals surface area contributed by atoms with E-state index in [1.807, 2.05) is 0 Å². The van der Waals surface area contributed by atoms with Gasteiger partial charge in [0.2, 0.25) is 0 Å². The van der Waals surface area contributed by atoms with E-state index in [4.69, 9.17) is 13.8 Å². The van der Waals surface area contributed by atoms with Crippen molar-refractivity contribution in [3.05, 3.63) is 12.2 Å². The maximum atomic E-state index is 11.4. The van der Waals surface area contributed by atoms with Crippen molar-refractivity contribution in [2.24, 2.45) is 0 Å². The molecule has 0 saturated carbocycles. The number of ether oxygens (including phenoxy) is 1. The van der Waals surface area contributed by atoms with Gasteiger partial charge in [-0.1, -0.05) is 32.8 Å². The Balaban J connectivity index is -0.00000180. The van der Waals surface area contributed by atoms with E-state index in [1.54, 1.807) is 6.92 Å². The molecule has 0 aromatic rings. The molecule has 0 heterocycles. The van der Waals surface area contributed by atoms with Gasteiger partial charge in [-0.05, 0) is 13.3 Å². The fourth-order valence-corrected chi connectivity index (χ4v) is 2.07. The van der Waals surface area contributed by atoms with Crippen molar-refractivity contribution in [1.82, 2.24) is 0 Å². The quantitative estimate of drug-likeness (QED) is 0.182. The van der Waals surface area contributed by atoms with Crippen LogP contribution in [-0.2, 0) is 23.1 Å². The molecule has 0 bridgehead atoms. The van der Waals surface area contributed by atoms with Crippen molar-refractivity contribution in [2.75, 3.05) is 19.8 Å². The summed E-state index contributed by atoms with van der Waals surface area (Å²) in [6, 6.07) is 0. The summed E-state index contributed by atoms with van der Waals surface area (Å²) in [5.74, 6) is -0.482. The normalized spacial score (nSPS) is 13.1. The molecule has 0 aromatic heterocycles. The number of carbonyl (C=O) groups is 1. The van der Waals surface area contributed by atoms with E-state index < -0.39 is 13.8 Å². The standard InChI is InChI=1S/C13H25O6P.Na.H/c1-4-5-6-7-10-18-20(15,16)19-11-8-9-17-13(14)12(2)3;;/h2,4-11H2,1,3H3,(H,15,16);;/q;+1;-1. The van der Waals surface area contributed by atoms with Crippen LogP contribution < -0.4 is 29.6 Å². The zero-order valence-electron chi connectivity index (χ0n) is 14.3. The van der Waals surface area contributed by atoms with Gasteiger partial charge in [0.05, 0.1) is 19.8 Å². The summed E-state index contributed by atoms with van der Waals surface area (Å²) >= 11 is 0. The first kappa shape index (κ1) is 23.6. The number of phosphoric ester groups is 1. The summed E-state index contributed by atoms with van der Waals surface area (Å²) in [7, 11) is -3.98. The first-order chi connectivity index (χ1) is 9.39. The Hall–Kier alpha value is 0.320. The van der Waals surface area contributed by atoms with E-state index in [9.17, 15) is 14.3 Å². The molecule has 0 saturated heterocycles. The summed E-state index contributed by atoms with van der Waals surface area (Å²) < 4.78 is 25.8. The SMILES string of the molecule is C=C(C)C(=O)OCCCOP(=O)(O)OCCCCCC.[H-].[Na+]. The Morgan fingerprint density at radius 3 is 2.24 bits per heavy atom. The molecular formula is C13H26NaO6P. The third-order valence-electron chi connectivity index (χ3n) is 2.38. The second-order valence-electron chi connectivity index (χ2n) is 4.47. The van der Waals surface area contributed by atoms with Crippen molar-refractivity contribution in [2.45, 2.75) is 46.0 Å². The molecule has 0 aliphatic rings. The molecule has 1 unspecified atom stereocenters. The molecule has 1 N–H and O–H groups in total. The van der Waals surface area contributed by atoms with Crippen molar-refractivity contribution < 1.29 is 59.0 Å². The second kappa shape index (κ2) is 13.9. The molecule has 0 amide bonds. The third-order valence-corrected chi connectivity index (χ3v) is 3.39. The minimum Gasteiger partial charge on any atom is -1.00 e. The van der Waals surface area contributed by atoms with Gasteiger partial charge in [-0.3, -0.25) is 9.05 Å². The Morgan fingerprint density at radius 2 is 1.71 bits per heavy atom. The molecule has 0 fully saturated rings. The second-order valence-corrected chi connectivity index (χ2v) is 5.92. The number of esters is 1. The van der Waals surface area contributed by atoms with Crippen LogP contribution in [0.15, 0.2) is 12.2 Å². The van der Waals surface area contributed by atoms with E-state index in [-0.39, 0.29) is 50.8 Å². The van der Waals surface area contributed by atoms with Crippen LogP contribution in [0.2, 0.25) is 0 Å². The van der Waals surface area contributed by atoms with E-state index in [1.165, 1.54) is 0 Å². The Kier molecular flexibility index (Phi) is 15.7. The van der Waals surface area contributed by atoms with Gasteiger partial charge in [0.15, 0.2) is 0 Å². The van der Waals surface area contributed by atoms with E-state index in [0.717, 1.165) is 25.7 Å². The number of carbonyl (C=O) groups excluding carboxylic acids is 1. The molecule has 0 rings (SSSR count). The van der Waals surface area contributed by atoms with Gasteiger partial charge in [0, 0.05) is 12.0 Å². The predicted octanol–water partition coefficient (Wildman–Crippen LogP) is 0.326. The van der Waals surface area contributed by atoms with Crippen molar-refractivity contribution >= 4 is 13.8 Å². The van der Waals surface area contributed by atoms with Crippen LogP contribution in [0.4, 0.5) is 0 Å². The van der Waals surface area contributed by atoms with Crippen LogP contribution >= 0.6 is 7.82 Å². The Labute approximate surface area is 150 Å². The number of rotatable bonds is 12. The van der Waals surface area contributed by atoms with Crippen LogP contribution in [0.5, 0.6) is 0 Å². The number of hydrogen-bond acceptors (Lipinski definition) is 5. The van der Waals surface area contributed by atoms with Crippen LogP contribution in [0.3, 0.4) is 0 Å². The first-order valence-electron chi connectivity index (χ1n) is 6.83. The van der Waals surface area contributed by atoms with Gasteiger partial charge in [0.25, 0.3) is 0 Å². The van der Waals surface area contributed by atoms with Crippen LogP contribution in [0.1, 0.15) is 47.4 Å². The van der Waals surface area contributed by atoms with Gasteiger partial charge in [-0.25, -0.2) is 9.36 Å². The van der Waals surface area contributed by atoms with Gasteiger partial charge in [-0.2, -0.15) is 0 Å². The minimum atomic E-state index is -3.98. The molecule has 0 aromatic carbocycles. The first-order valence-corrected chi connectivity index (χ1v) is 8.33. The summed E-state index contributed by atoms with van der Waals surface area (Å²) in [5.41, 5.74) is 0.314. The van der Waals surface area contributed by atoms with E-state index >= 15 is 0 Å². The summed E-state index contributed by atoms with van der Waals surface area (Å²) in [6.45, 7) is 7.38. The number of unbranched alkanes of at least 4 members (excludes halogenated alkanes) is 3. The number of hydrogen-bond donors (Lipinski definition) is 1. The minimum absolute atomic E-state index is 0. The molecule has 21 heavy (non-hydrogen) atoms. The monoisotopic (exact) mass is 332 g/mol. The van der Waals surface area contributed by atoms with Gasteiger partial charge in [-0.15, -0.1) is 0 Å². The average molecular weight is 332 g/mol. The van der Waals surface area contributed by atoms with Crippen LogP contribution in [-0.4, -0.2) is 30.7 Å². The summed E-state index contributed by atoms with van der Waals surface area (Å²) in [6.07, 6.45) is 4.19. The zero-order valence-corrected chi connectivity index (χ0v) is 16.2. The third kappa shape index (κ3) is 15.0. The van der Waals surface area contributed by atoms with Crippen molar-refractivity contribution in [3.63, 3.8) is 0 Å². The predicted molar refractivity (Wildman–Crippen MR) is 77.4 cm³/mol. The number of phosphoric acid groups is 1. The molecule has 0 aliphatic heterocycles. The fraction of sp³-hybridized carbons (Fsp3) is 0.769. The fourth-order valence-electron chi connectivity index (χ4n) is 1.27. The largest absolute Gasteiger partial charge is 1.00 e. The van der Waals surface area contributed by atoms with Gasteiger partial charge in [0.1, 0.15) is 0 Å². The topological polar surface area (TPSA) is 82.1 Å². The molecule has 0 spiro atoms. The molecule has 0 aliphatic carbocycles. The maximum absolute atomic E-state index is 11.4.